The Morgan fingerprint density at radius 3 is 1.92 bits per heavy atom. The molecule has 126 valence electrons. The zero-order valence-electron chi connectivity index (χ0n) is 12.4. The maximum atomic E-state index is 12.6. The average Bonchev–Trinajstić information content (AvgIpc) is 3.03. The molecule has 0 fully saturated rings. The van der Waals surface area contributed by atoms with Gasteiger partial charge in [-0.3, -0.25) is 4.98 Å². The second-order valence-electron chi connectivity index (χ2n) is 4.66. The van der Waals surface area contributed by atoms with Crippen LogP contribution in [0.1, 0.15) is 22.6 Å². The molecule has 1 aliphatic rings. The number of fused-ring (bicyclic) bond motifs is 1. The molecule has 1 aliphatic heterocycles. The monoisotopic (exact) mass is 388 g/mol. The fraction of sp³-hybridized carbons (Fsp3) is 0.0667. The van der Waals surface area contributed by atoms with E-state index in [1.54, 1.807) is 12.1 Å². The molecule has 2 aromatic heterocycles. The third kappa shape index (κ3) is 3.21. The van der Waals surface area contributed by atoms with E-state index in [2.05, 4.69) is 15.0 Å². The summed E-state index contributed by atoms with van der Waals surface area (Å²) < 4.78 is 38.3. The normalized spacial score (nSPS) is 12.7. The Kier molecular flexibility index (Phi) is 4.56. The van der Waals surface area contributed by atoms with Gasteiger partial charge in [-0.15, -0.1) is 0 Å². The Morgan fingerprint density at radius 2 is 1.54 bits per heavy atom. The highest BCUT2D eigenvalue weighted by molar-refractivity contribution is 8.24. The summed E-state index contributed by atoms with van der Waals surface area (Å²) in [4.78, 5) is 11.8. The average molecular weight is 388 g/mol. The summed E-state index contributed by atoms with van der Waals surface area (Å²) >= 11 is 2.09. The van der Waals surface area contributed by atoms with Crippen molar-refractivity contribution in [3.8, 4) is 18.2 Å². The van der Waals surface area contributed by atoms with Gasteiger partial charge in [-0.2, -0.15) is 29.0 Å². The number of hydrogen-bond donors (Lipinski definition) is 0. The highest BCUT2D eigenvalue weighted by atomic mass is 32.2. The van der Waals surface area contributed by atoms with Gasteiger partial charge in [0, 0.05) is 6.20 Å². The Labute approximate surface area is 153 Å². The topological polar surface area (TPSA) is 110 Å². The lowest BCUT2D eigenvalue weighted by atomic mass is 10.2. The molecule has 0 saturated carbocycles. The summed E-state index contributed by atoms with van der Waals surface area (Å²) in [7, 11) is 0. The first-order valence-electron chi connectivity index (χ1n) is 6.63. The van der Waals surface area contributed by atoms with Gasteiger partial charge in [0.05, 0.1) is 21.1 Å². The first-order valence-corrected chi connectivity index (χ1v) is 8.26. The van der Waals surface area contributed by atoms with Gasteiger partial charge in [-0.25, -0.2) is 9.97 Å². The Balaban J connectivity index is 2.01. The molecular formula is C15H3F3N6S2. The van der Waals surface area contributed by atoms with Crippen molar-refractivity contribution >= 4 is 29.1 Å². The van der Waals surface area contributed by atoms with Gasteiger partial charge in [0.15, 0.2) is 11.4 Å². The molecule has 0 aromatic carbocycles. The molecule has 3 rings (SSSR count). The van der Waals surface area contributed by atoms with Crippen molar-refractivity contribution in [1.29, 1.82) is 15.8 Å². The lowest BCUT2D eigenvalue weighted by Gasteiger charge is -2.07. The molecule has 0 radical (unpaired) electrons. The van der Waals surface area contributed by atoms with Crippen LogP contribution in [0.2, 0.25) is 0 Å². The summed E-state index contributed by atoms with van der Waals surface area (Å²) in [5, 5.41) is 28.1. The molecule has 0 saturated heterocycles. The van der Waals surface area contributed by atoms with Crippen LogP contribution in [0.5, 0.6) is 0 Å². The summed E-state index contributed by atoms with van der Waals surface area (Å²) in [6.45, 7) is 0. The van der Waals surface area contributed by atoms with Crippen LogP contribution in [-0.4, -0.2) is 15.0 Å². The molecule has 0 spiro atoms. The number of alkyl halides is 3. The summed E-state index contributed by atoms with van der Waals surface area (Å²) in [5.74, 6) is 0. The first-order chi connectivity index (χ1) is 12.4. The van der Waals surface area contributed by atoms with Crippen LogP contribution < -0.4 is 0 Å². The molecule has 0 unspecified atom stereocenters. The van der Waals surface area contributed by atoms with Gasteiger partial charge >= 0.3 is 6.18 Å². The van der Waals surface area contributed by atoms with Crippen molar-refractivity contribution in [1.82, 2.24) is 15.0 Å². The van der Waals surface area contributed by atoms with Gasteiger partial charge in [0.25, 0.3) is 0 Å². The zero-order chi connectivity index (χ0) is 18.9. The minimum atomic E-state index is -4.52. The predicted octanol–water partition coefficient (Wildman–Crippen LogP) is 3.72. The van der Waals surface area contributed by atoms with Gasteiger partial charge < -0.3 is 0 Å². The second kappa shape index (κ2) is 6.68. The van der Waals surface area contributed by atoms with Crippen LogP contribution in [-0.2, 0) is 6.18 Å². The van der Waals surface area contributed by atoms with Crippen LogP contribution in [0.4, 0.5) is 13.2 Å². The molecule has 0 bridgehead atoms. The number of aromatic nitrogens is 3. The van der Waals surface area contributed by atoms with E-state index < -0.39 is 11.7 Å². The van der Waals surface area contributed by atoms with E-state index in [4.69, 9.17) is 10.5 Å². The maximum absolute atomic E-state index is 12.6. The molecule has 26 heavy (non-hydrogen) atoms. The minimum Gasteiger partial charge on any atom is -0.255 e. The van der Waals surface area contributed by atoms with E-state index in [1.165, 1.54) is 0 Å². The number of pyridine rings is 1. The number of thioether (sulfide) groups is 2. The van der Waals surface area contributed by atoms with Crippen molar-refractivity contribution in [2.75, 3.05) is 0 Å². The van der Waals surface area contributed by atoms with Crippen LogP contribution in [0, 0.1) is 34.0 Å². The molecule has 11 heteroatoms. The maximum Gasteiger partial charge on any atom is 0.417 e. The smallest absolute Gasteiger partial charge is 0.255 e. The molecule has 3 heterocycles. The number of nitrogens with zero attached hydrogens (tertiary/aromatic N) is 6. The quantitative estimate of drug-likeness (QED) is 0.680. The highest BCUT2D eigenvalue weighted by Gasteiger charge is 2.31. The third-order valence-corrected chi connectivity index (χ3v) is 5.45. The predicted molar refractivity (Wildman–Crippen MR) is 84.9 cm³/mol. The molecule has 0 amide bonds. The Hall–Kier alpha value is -3.07. The van der Waals surface area contributed by atoms with Crippen LogP contribution in [0.25, 0.3) is 5.57 Å². The SMILES string of the molecule is N#CC(=C1Sc2nc(C#N)c(C#N)nc2S1)c1ccc(C(F)(F)F)cn1. The second-order valence-corrected chi connectivity index (χ2v) is 6.92. The van der Waals surface area contributed by atoms with Crippen molar-refractivity contribution in [2.24, 2.45) is 0 Å². The van der Waals surface area contributed by atoms with E-state index in [0.717, 1.165) is 35.7 Å². The lowest BCUT2D eigenvalue weighted by molar-refractivity contribution is -0.137. The van der Waals surface area contributed by atoms with Crippen molar-refractivity contribution in [3.05, 3.63) is 45.2 Å². The van der Waals surface area contributed by atoms with E-state index in [1.807, 2.05) is 6.07 Å². The minimum absolute atomic E-state index is 0.0607. The Bertz CT molecular complexity index is 1010. The fourth-order valence-corrected chi connectivity index (χ4v) is 4.19. The van der Waals surface area contributed by atoms with E-state index in [9.17, 15) is 18.4 Å². The fourth-order valence-electron chi connectivity index (χ4n) is 1.91. The molecule has 0 aliphatic carbocycles. The zero-order valence-corrected chi connectivity index (χ0v) is 14.0. The first kappa shape index (κ1) is 17.7. The summed E-state index contributed by atoms with van der Waals surface area (Å²) in [6, 6.07) is 7.41. The number of nitriles is 3. The number of hydrogen-bond acceptors (Lipinski definition) is 8. The largest absolute Gasteiger partial charge is 0.417 e. The summed E-state index contributed by atoms with van der Waals surface area (Å²) in [6.07, 6.45) is -3.86. The van der Waals surface area contributed by atoms with Crippen molar-refractivity contribution in [3.63, 3.8) is 0 Å². The van der Waals surface area contributed by atoms with E-state index in [-0.39, 0.29) is 22.7 Å². The third-order valence-electron chi connectivity index (χ3n) is 3.09. The van der Waals surface area contributed by atoms with Crippen LogP contribution >= 0.6 is 23.5 Å². The number of allylic oxidation sites excluding steroid dienone is 1. The molecular weight excluding hydrogens is 385 g/mol. The number of halogens is 3. The molecule has 0 atom stereocenters. The van der Waals surface area contributed by atoms with E-state index in [0.29, 0.717) is 20.5 Å². The van der Waals surface area contributed by atoms with Crippen molar-refractivity contribution < 1.29 is 13.2 Å². The van der Waals surface area contributed by atoms with Crippen LogP contribution in [0.3, 0.4) is 0 Å². The molecule has 2 aromatic rings. The highest BCUT2D eigenvalue weighted by Crippen LogP contribution is 2.51. The number of rotatable bonds is 1. The van der Waals surface area contributed by atoms with Gasteiger partial charge in [-0.05, 0) is 12.1 Å². The van der Waals surface area contributed by atoms with E-state index >= 15 is 0 Å². The van der Waals surface area contributed by atoms with Gasteiger partial charge in [0.2, 0.25) is 0 Å². The standard InChI is InChI=1S/C15H3F3N6S2/c16-15(17,18)7-1-2-9(22-6-7)8(3-19)14-25-12-13(26-14)24-11(5-21)10(4-20)23-12/h1-2,6H. The Morgan fingerprint density at radius 1 is 0.962 bits per heavy atom. The van der Waals surface area contributed by atoms with Crippen LogP contribution in [0.15, 0.2) is 32.6 Å². The van der Waals surface area contributed by atoms with Crippen molar-refractivity contribution in [2.45, 2.75) is 16.2 Å². The van der Waals surface area contributed by atoms with Gasteiger partial charge in [-0.1, -0.05) is 23.5 Å². The van der Waals surface area contributed by atoms with Gasteiger partial charge in [0.1, 0.15) is 28.3 Å². The molecule has 0 N–H and O–H groups in total. The summed E-state index contributed by atoms with van der Waals surface area (Å²) in [5.41, 5.74) is -1.05. The lowest BCUT2D eigenvalue weighted by Crippen LogP contribution is -2.05. The molecule has 6 nitrogen and oxygen atoms in total.